The van der Waals surface area contributed by atoms with Crippen molar-refractivity contribution >= 4 is 17.9 Å². The number of rotatable bonds is 7. The number of carbonyl (C=O) groups excluding carboxylic acids is 1. The third-order valence-electron chi connectivity index (χ3n) is 6.28. The Labute approximate surface area is 204 Å². The van der Waals surface area contributed by atoms with Crippen LogP contribution in [0.25, 0.3) is 0 Å². The van der Waals surface area contributed by atoms with Gasteiger partial charge in [-0.1, -0.05) is 23.7 Å². The lowest BCUT2D eigenvalue weighted by Crippen LogP contribution is -2.48. The van der Waals surface area contributed by atoms with E-state index >= 15 is 0 Å². The Morgan fingerprint density at radius 1 is 0.971 bits per heavy atom. The van der Waals surface area contributed by atoms with E-state index in [0.717, 1.165) is 5.56 Å². The first-order valence-electron chi connectivity index (χ1n) is 10.7. The Hall–Kier alpha value is -1.18. The van der Waals surface area contributed by atoms with E-state index in [4.69, 9.17) is 40.0 Å². The highest BCUT2D eigenvalue weighted by molar-refractivity contribution is 6.31. The molecule has 2 aliphatic heterocycles. The van der Waals surface area contributed by atoms with Gasteiger partial charge in [0.1, 0.15) is 41.7 Å². The van der Waals surface area contributed by atoms with Crippen LogP contribution in [0.3, 0.4) is 0 Å². The maximum absolute atomic E-state index is 10.6. The lowest BCUT2D eigenvalue weighted by Gasteiger charge is -2.31. The van der Waals surface area contributed by atoms with Gasteiger partial charge >= 0.3 is 0 Å². The van der Waals surface area contributed by atoms with E-state index in [0.29, 0.717) is 16.9 Å². The van der Waals surface area contributed by atoms with Crippen LogP contribution in [0.5, 0.6) is 0 Å². The van der Waals surface area contributed by atoms with Crippen LogP contribution in [0, 0.1) is 6.92 Å². The average molecular weight is 507 g/mol. The highest BCUT2D eigenvalue weighted by atomic mass is 35.5. The summed E-state index contributed by atoms with van der Waals surface area (Å²) in [5.74, 6) is 0. The fraction of sp³-hybridized carbons (Fsp3) is 0.696. The van der Waals surface area contributed by atoms with Crippen molar-refractivity contribution in [3.8, 4) is 0 Å². The van der Waals surface area contributed by atoms with Crippen molar-refractivity contribution in [3.63, 3.8) is 0 Å². The van der Waals surface area contributed by atoms with Crippen molar-refractivity contribution < 1.29 is 48.5 Å². The van der Waals surface area contributed by atoms with Gasteiger partial charge in [0.2, 0.25) is 0 Å². The van der Waals surface area contributed by atoms with Crippen LogP contribution in [-0.2, 0) is 33.2 Å². The molecular formula is C23H35ClO10. The molecule has 0 spiro atoms. The standard InChI is InChI=1S/C15H21ClO5.C8H14O5/c1-8-5-6-9(7-10(8)16)11(17)12-15(2,18)13(19-3)14(20-4)21-12;1-8(10)5(4-9)13-7(12-3)6(8)11-2/h5-7,11-14,17-18H,1-4H3;4-7,10H,1-3H3/t11-,12-,13+,14+,15-;5-,6+,7+,8-/m11/s1. The van der Waals surface area contributed by atoms with Gasteiger partial charge in [-0.15, -0.1) is 0 Å². The molecule has 1 aromatic carbocycles. The molecule has 2 aliphatic rings. The Morgan fingerprint density at radius 3 is 1.91 bits per heavy atom. The number of hydrogen-bond acceptors (Lipinski definition) is 10. The monoisotopic (exact) mass is 506 g/mol. The Morgan fingerprint density at radius 2 is 1.50 bits per heavy atom. The number of halogens is 1. The van der Waals surface area contributed by atoms with Gasteiger partial charge in [-0.25, -0.2) is 0 Å². The molecule has 2 saturated heterocycles. The third-order valence-corrected chi connectivity index (χ3v) is 6.69. The summed E-state index contributed by atoms with van der Waals surface area (Å²) in [6, 6.07) is 5.24. The molecule has 0 unspecified atom stereocenters. The molecule has 194 valence electrons. The zero-order valence-corrected chi connectivity index (χ0v) is 21.2. The molecule has 0 aromatic heterocycles. The molecule has 1 aromatic rings. The molecule has 0 amide bonds. The van der Waals surface area contributed by atoms with E-state index in [2.05, 4.69) is 0 Å². The first kappa shape index (κ1) is 29.1. The van der Waals surface area contributed by atoms with E-state index in [1.807, 2.05) is 13.0 Å². The number of carbonyl (C=O) groups is 1. The van der Waals surface area contributed by atoms with Gasteiger partial charge in [0.25, 0.3) is 0 Å². The molecule has 0 saturated carbocycles. The van der Waals surface area contributed by atoms with Crippen LogP contribution in [-0.4, -0.2) is 98.2 Å². The van der Waals surface area contributed by atoms with Crippen LogP contribution in [0.4, 0.5) is 0 Å². The average Bonchev–Trinajstić information content (AvgIpc) is 3.22. The molecular weight excluding hydrogens is 472 g/mol. The Balaban J connectivity index is 0.000000270. The zero-order valence-electron chi connectivity index (χ0n) is 20.4. The number of aldehydes is 1. The molecule has 3 N–H and O–H groups in total. The first-order chi connectivity index (χ1) is 15.9. The summed E-state index contributed by atoms with van der Waals surface area (Å²) in [6.07, 6.45) is -5.06. The molecule has 11 heteroatoms. The van der Waals surface area contributed by atoms with Gasteiger partial charge in [0, 0.05) is 33.5 Å². The zero-order chi connectivity index (χ0) is 25.8. The number of methoxy groups -OCH3 is 4. The number of aryl methyl sites for hydroxylation is 1. The molecule has 3 rings (SSSR count). The van der Waals surface area contributed by atoms with Crippen molar-refractivity contribution in [2.24, 2.45) is 0 Å². The molecule has 0 bridgehead atoms. The summed E-state index contributed by atoms with van der Waals surface area (Å²) in [6.45, 7) is 4.92. The fourth-order valence-electron chi connectivity index (χ4n) is 4.17. The maximum Gasteiger partial charge on any atom is 0.187 e. The van der Waals surface area contributed by atoms with Crippen LogP contribution < -0.4 is 0 Å². The summed E-state index contributed by atoms with van der Waals surface area (Å²) in [5, 5.41) is 31.6. The number of ether oxygens (including phenoxy) is 6. The number of aliphatic hydroxyl groups is 3. The summed E-state index contributed by atoms with van der Waals surface area (Å²) in [5.41, 5.74) is -1.25. The van der Waals surface area contributed by atoms with Gasteiger partial charge in [-0.3, -0.25) is 0 Å². The maximum atomic E-state index is 10.6. The van der Waals surface area contributed by atoms with Crippen molar-refractivity contribution in [2.75, 3.05) is 28.4 Å². The molecule has 0 aliphatic carbocycles. The second kappa shape index (κ2) is 11.7. The predicted octanol–water partition coefficient (Wildman–Crippen LogP) is 1.14. The predicted molar refractivity (Wildman–Crippen MR) is 121 cm³/mol. The molecule has 2 fully saturated rings. The van der Waals surface area contributed by atoms with E-state index in [1.165, 1.54) is 35.4 Å². The number of hydrogen-bond donors (Lipinski definition) is 3. The topological polar surface area (TPSA) is 133 Å². The summed E-state index contributed by atoms with van der Waals surface area (Å²) >= 11 is 6.08. The smallest absolute Gasteiger partial charge is 0.187 e. The first-order valence-corrected chi connectivity index (χ1v) is 11.0. The summed E-state index contributed by atoms with van der Waals surface area (Å²) in [4.78, 5) is 10.5. The van der Waals surface area contributed by atoms with Crippen molar-refractivity contribution in [2.45, 2.75) is 75.1 Å². The van der Waals surface area contributed by atoms with Crippen LogP contribution >= 0.6 is 11.6 Å². The molecule has 2 heterocycles. The van der Waals surface area contributed by atoms with Crippen LogP contribution in [0.2, 0.25) is 5.02 Å². The Bertz CT molecular complexity index is 817. The number of benzene rings is 1. The SMILES string of the molecule is CO[C@H]1O[C@H](C=O)[C@@](C)(O)[C@H]1OC.CO[C@H]1O[C@H]([C@H](O)c2ccc(C)c(Cl)c2)[C@@](C)(O)[C@H]1OC. The quantitative estimate of drug-likeness (QED) is 0.462. The van der Waals surface area contributed by atoms with Crippen molar-refractivity contribution in [1.29, 1.82) is 0 Å². The van der Waals surface area contributed by atoms with E-state index in [9.17, 15) is 20.1 Å². The molecule has 10 nitrogen and oxygen atoms in total. The Kier molecular flexibility index (Phi) is 10.0. The highest BCUT2D eigenvalue weighted by Crippen LogP contribution is 2.40. The fourth-order valence-corrected chi connectivity index (χ4v) is 4.36. The van der Waals surface area contributed by atoms with E-state index in [1.54, 1.807) is 19.1 Å². The van der Waals surface area contributed by atoms with Crippen molar-refractivity contribution in [1.82, 2.24) is 0 Å². The minimum Gasteiger partial charge on any atom is -0.386 e. The third kappa shape index (κ3) is 5.62. The molecule has 0 radical (unpaired) electrons. The molecule has 9 atom stereocenters. The summed E-state index contributed by atoms with van der Waals surface area (Å²) in [7, 11) is 5.79. The van der Waals surface area contributed by atoms with Gasteiger partial charge in [-0.05, 0) is 38.0 Å². The lowest BCUT2D eigenvalue weighted by atomic mass is 9.88. The largest absolute Gasteiger partial charge is 0.386 e. The summed E-state index contributed by atoms with van der Waals surface area (Å²) < 4.78 is 31.1. The minimum atomic E-state index is -1.40. The second-order valence-electron chi connectivity index (χ2n) is 8.68. The van der Waals surface area contributed by atoms with Crippen LogP contribution in [0.1, 0.15) is 31.1 Å². The van der Waals surface area contributed by atoms with Crippen molar-refractivity contribution in [3.05, 3.63) is 34.3 Å². The van der Waals surface area contributed by atoms with E-state index in [-0.39, 0.29) is 0 Å². The number of aliphatic hydroxyl groups excluding tert-OH is 1. The van der Waals surface area contributed by atoms with Gasteiger partial charge in [0.15, 0.2) is 18.9 Å². The van der Waals surface area contributed by atoms with Gasteiger partial charge < -0.3 is 48.5 Å². The van der Waals surface area contributed by atoms with E-state index < -0.39 is 54.3 Å². The minimum absolute atomic E-state index is 0.547. The van der Waals surface area contributed by atoms with Gasteiger partial charge in [0.05, 0.1) is 0 Å². The molecule has 34 heavy (non-hydrogen) atoms. The second-order valence-corrected chi connectivity index (χ2v) is 9.08. The lowest BCUT2D eigenvalue weighted by molar-refractivity contribution is -0.168. The normalized spacial score (nSPS) is 38.3. The highest BCUT2D eigenvalue weighted by Gasteiger charge is 2.56. The van der Waals surface area contributed by atoms with Gasteiger partial charge in [-0.2, -0.15) is 0 Å². The van der Waals surface area contributed by atoms with Crippen LogP contribution in [0.15, 0.2) is 18.2 Å².